The van der Waals surface area contributed by atoms with Gasteiger partial charge < -0.3 is 4.74 Å². The third-order valence-electron chi connectivity index (χ3n) is 5.06. The van der Waals surface area contributed by atoms with Crippen LogP contribution in [0.3, 0.4) is 0 Å². The Balaban J connectivity index is 1.76. The molecule has 2 aromatic rings. The fourth-order valence-electron chi connectivity index (χ4n) is 3.34. The van der Waals surface area contributed by atoms with E-state index in [1.54, 1.807) is 19.1 Å². The first-order chi connectivity index (χ1) is 12.9. The maximum Gasteiger partial charge on any atom is 0.338 e. The molecule has 0 atom stereocenters. The van der Waals surface area contributed by atoms with E-state index in [2.05, 4.69) is 27.7 Å². The second-order valence-electron chi connectivity index (χ2n) is 7.08. The van der Waals surface area contributed by atoms with Crippen molar-refractivity contribution < 1.29 is 14.3 Å². The topological polar surface area (TPSA) is 93.2 Å². The molecule has 144 valence electrons. The highest BCUT2D eigenvalue weighted by atomic mass is 35.5. The molecule has 1 amide bonds. The van der Waals surface area contributed by atoms with Crippen LogP contribution in [0.1, 0.15) is 48.5 Å². The monoisotopic (exact) mass is 390 g/mol. The molecular weight excluding hydrogens is 368 g/mol. The zero-order valence-corrected chi connectivity index (χ0v) is 16.4. The lowest BCUT2D eigenvalue weighted by Crippen LogP contribution is -2.37. The third kappa shape index (κ3) is 4.30. The van der Waals surface area contributed by atoms with Gasteiger partial charge in [0, 0.05) is 5.92 Å². The van der Waals surface area contributed by atoms with Crippen LogP contribution in [0.2, 0.25) is 5.15 Å². The molecule has 1 heterocycles. The Morgan fingerprint density at radius 1 is 1.15 bits per heavy atom. The molecule has 2 N–H and O–H groups in total. The van der Waals surface area contributed by atoms with E-state index >= 15 is 0 Å². The summed E-state index contributed by atoms with van der Waals surface area (Å²) in [6.07, 6.45) is 3.91. The number of nitrogens with one attached hydrogen (secondary N) is 2. The minimum atomic E-state index is -0.441. The molecule has 1 aromatic heterocycles. The number of aryl methyl sites for hydroxylation is 1. The number of aromatic nitrogens is 2. The second kappa shape index (κ2) is 8.08. The quantitative estimate of drug-likeness (QED) is 0.611. The van der Waals surface area contributed by atoms with Crippen LogP contribution in [0.4, 0.5) is 5.82 Å². The van der Waals surface area contributed by atoms with Crippen LogP contribution in [-0.2, 0) is 9.53 Å². The fraction of sp³-hybridized carbons (Fsp3) is 0.474. The minimum Gasteiger partial charge on any atom is -0.465 e. The third-order valence-corrected chi connectivity index (χ3v) is 5.33. The van der Waals surface area contributed by atoms with Crippen LogP contribution in [0.15, 0.2) is 12.1 Å². The fourth-order valence-corrected chi connectivity index (χ4v) is 3.52. The molecule has 0 aliphatic heterocycles. The highest BCUT2D eigenvalue weighted by molar-refractivity contribution is 6.32. The van der Waals surface area contributed by atoms with Gasteiger partial charge >= 0.3 is 5.97 Å². The van der Waals surface area contributed by atoms with Gasteiger partial charge in [-0.05, 0) is 56.2 Å². The van der Waals surface area contributed by atoms with Gasteiger partial charge in [0.1, 0.15) is 0 Å². The van der Waals surface area contributed by atoms with E-state index in [0.717, 1.165) is 31.2 Å². The Kier molecular flexibility index (Phi) is 5.79. The summed E-state index contributed by atoms with van der Waals surface area (Å²) in [7, 11) is 1.33. The Labute approximate surface area is 162 Å². The standard InChI is InChI=1S/C19H23ClN4O3/c1-10-4-6-12(7-5-10)18(25)24-23-17-16(20)21-15-9-13(19(26)27-3)11(2)8-14(15)22-17/h8-10,12H,4-7H2,1-3H3,(H,22,23)(H,24,25)/t10-,12-. The van der Waals surface area contributed by atoms with Crippen LogP contribution in [0.25, 0.3) is 11.0 Å². The Morgan fingerprint density at radius 2 is 1.81 bits per heavy atom. The second-order valence-corrected chi connectivity index (χ2v) is 7.44. The van der Waals surface area contributed by atoms with Gasteiger partial charge in [-0.25, -0.2) is 14.8 Å². The summed E-state index contributed by atoms with van der Waals surface area (Å²) in [6.45, 7) is 4.01. The Hall–Kier alpha value is -2.41. The number of rotatable bonds is 4. The van der Waals surface area contributed by atoms with Gasteiger partial charge in [0.25, 0.3) is 0 Å². The molecule has 1 aromatic carbocycles. The number of esters is 1. The summed E-state index contributed by atoms with van der Waals surface area (Å²) in [4.78, 5) is 32.9. The van der Waals surface area contributed by atoms with E-state index in [4.69, 9.17) is 16.3 Å². The van der Waals surface area contributed by atoms with Gasteiger partial charge in [0.2, 0.25) is 5.91 Å². The van der Waals surface area contributed by atoms with Crippen molar-refractivity contribution in [1.29, 1.82) is 0 Å². The molecular formula is C19H23ClN4O3. The van der Waals surface area contributed by atoms with Crippen LogP contribution in [0.5, 0.6) is 0 Å². The summed E-state index contributed by atoms with van der Waals surface area (Å²) < 4.78 is 4.77. The maximum absolute atomic E-state index is 12.3. The van der Waals surface area contributed by atoms with E-state index in [1.807, 2.05) is 0 Å². The van der Waals surface area contributed by atoms with Crippen LogP contribution >= 0.6 is 11.6 Å². The van der Waals surface area contributed by atoms with Gasteiger partial charge in [-0.2, -0.15) is 0 Å². The predicted molar refractivity (Wildman–Crippen MR) is 104 cm³/mol. The zero-order chi connectivity index (χ0) is 19.6. The number of nitrogens with zero attached hydrogens (tertiary/aromatic N) is 2. The number of anilines is 1. The van der Waals surface area contributed by atoms with Gasteiger partial charge in [-0.1, -0.05) is 18.5 Å². The van der Waals surface area contributed by atoms with Crippen molar-refractivity contribution >= 4 is 40.3 Å². The number of halogens is 1. The largest absolute Gasteiger partial charge is 0.465 e. The number of fused-ring (bicyclic) bond motifs is 1. The van der Waals surface area contributed by atoms with E-state index in [0.29, 0.717) is 22.5 Å². The van der Waals surface area contributed by atoms with Crippen LogP contribution in [-0.4, -0.2) is 29.0 Å². The van der Waals surface area contributed by atoms with E-state index in [9.17, 15) is 9.59 Å². The van der Waals surface area contributed by atoms with Crippen molar-refractivity contribution in [2.24, 2.45) is 11.8 Å². The number of hydrogen-bond donors (Lipinski definition) is 2. The van der Waals surface area contributed by atoms with Crippen molar-refractivity contribution in [2.75, 3.05) is 12.5 Å². The van der Waals surface area contributed by atoms with Crippen molar-refractivity contribution in [2.45, 2.75) is 39.5 Å². The van der Waals surface area contributed by atoms with Gasteiger partial charge in [0.15, 0.2) is 11.0 Å². The molecule has 7 nitrogen and oxygen atoms in total. The lowest BCUT2D eigenvalue weighted by atomic mass is 9.83. The molecule has 27 heavy (non-hydrogen) atoms. The smallest absolute Gasteiger partial charge is 0.338 e. The minimum absolute atomic E-state index is 0.00532. The number of hydrazine groups is 1. The zero-order valence-electron chi connectivity index (χ0n) is 15.6. The number of benzene rings is 1. The van der Waals surface area contributed by atoms with E-state index in [1.165, 1.54) is 7.11 Å². The molecule has 1 aliphatic carbocycles. The first kappa shape index (κ1) is 19.4. The normalized spacial score (nSPS) is 19.6. The molecule has 0 unspecified atom stereocenters. The number of methoxy groups -OCH3 is 1. The number of hydrogen-bond acceptors (Lipinski definition) is 6. The maximum atomic E-state index is 12.3. The molecule has 1 saturated carbocycles. The number of ether oxygens (including phenoxy) is 1. The molecule has 1 fully saturated rings. The molecule has 0 spiro atoms. The Morgan fingerprint density at radius 3 is 2.48 bits per heavy atom. The summed E-state index contributed by atoms with van der Waals surface area (Å²) >= 11 is 6.19. The highest BCUT2D eigenvalue weighted by Crippen LogP contribution is 2.28. The van der Waals surface area contributed by atoms with Crippen molar-refractivity contribution in [3.05, 3.63) is 28.4 Å². The molecule has 1 aliphatic rings. The van der Waals surface area contributed by atoms with Gasteiger partial charge in [-0.15, -0.1) is 0 Å². The summed E-state index contributed by atoms with van der Waals surface area (Å²) in [5.74, 6) is 0.458. The van der Waals surface area contributed by atoms with Crippen molar-refractivity contribution in [1.82, 2.24) is 15.4 Å². The summed E-state index contributed by atoms with van der Waals surface area (Å²) in [5, 5.41) is 0.111. The number of amides is 1. The predicted octanol–water partition coefficient (Wildman–Crippen LogP) is 3.65. The van der Waals surface area contributed by atoms with Gasteiger partial charge in [-0.3, -0.25) is 15.6 Å². The number of carbonyl (C=O) groups excluding carboxylic acids is 2. The molecule has 8 heteroatoms. The Bertz CT molecular complexity index is 879. The van der Waals surface area contributed by atoms with E-state index in [-0.39, 0.29) is 22.8 Å². The first-order valence-corrected chi connectivity index (χ1v) is 9.39. The van der Waals surface area contributed by atoms with E-state index < -0.39 is 5.97 Å². The number of carbonyl (C=O) groups is 2. The molecule has 0 radical (unpaired) electrons. The molecule has 0 bridgehead atoms. The average molecular weight is 391 g/mol. The summed E-state index contributed by atoms with van der Waals surface area (Å²) in [6, 6.07) is 3.33. The first-order valence-electron chi connectivity index (χ1n) is 9.01. The van der Waals surface area contributed by atoms with Crippen molar-refractivity contribution in [3.8, 4) is 0 Å². The average Bonchev–Trinajstić information content (AvgIpc) is 2.66. The van der Waals surface area contributed by atoms with Crippen LogP contribution in [0, 0.1) is 18.8 Å². The lowest BCUT2D eigenvalue weighted by molar-refractivity contribution is -0.125. The van der Waals surface area contributed by atoms with Gasteiger partial charge in [0.05, 0.1) is 23.7 Å². The van der Waals surface area contributed by atoms with Crippen LogP contribution < -0.4 is 10.9 Å². The van der Waals surface area contributed by atoms with Crippen molar-refractivity contribution in [3.63, 3.8) is 0 Å². The molecule has 3 rings (SSSR count). The molecule has 0 saturated heterocycles. The summed E-state index contributed by atoms with van der Waals surface area (Å²) in [5.41, 5.74) is 7.65. The lowest BCUT2D eigenvalue weighted by Gasteiger charge is -2.25. The SMILES string of the molecule is COC(=O)c1cc2nc(Cl)c(NNC(=O)[C@H]3CC[C@H](C)CC3)nc2cc1C. The highest BCUT2D eigenvalue weighted by Gasteiger charge is 2.24.